The average Bonchev–Trinajstić information content (AvgIpc) is 3.38. The van der Waals surface area contributed by atoms with Crippen LogP contribution in [0, 0.1) is 6.92 Å². The smallest absolute Gasteiger partial charge is 0.416 e. The monoisotopic (exact) mass is 454 g/mol. The van der Waals surface area contributed by atoms with E-state index in [0.29, 0.717) is 36.3 Å². The Hall–Kier alpha value is -3.95. The van der Waals surface area contributed by atoms with Crippen LogP contribution in [-0.4, -0.2) is 19.7 Å². The highest BCUT2D eigenvalue weighted by Gasteiger charge is 2.31. The zero-order valence-electron chi connectivity index (χ0n) is 17.4. The van der Waals surface area contributed by atoms with Gasteiger partial charge in [0.05, 0.1) is 16.5 Å². The molecular formula is C23H17F3N4O3. The van der Waals surface area contributed by atoms with E-state index < -0.39 is 11.7 Å². The Morgan fingerprint density at radius 3 is 2.64 bits per heavy atom. The van der Waals surface area contributed by atoms with Gasteiger partial charge in [-0.25, -0.2) is 4.98 Å². The molecule has 7 nitrogen and oxygen atoms in total. The summed E-state index contributed by atoms with van der Waals surface area (Å²) in [5.41, 5.74) is 0.491. The molecule has 0 N–H and O–H groups in total. The predicted molar refractivity (Wildman–Crippen MR) is 113 cm³/mol. The van der Waals surface area contributed by atoms with E-state index in [4.69, 9.17) is 9.26 Å². The van der Waals surface area contributed by atoms with Crippen LogP contribution in [0.3, 0.4) is 0 Å². The Morgan fingerprint density at radius 2 is 1.94 bits per heavy atom. The van der Waals surface area contributed by atoms with Crippen molar-refractivity contribution in [2.45, 2.75) is 32.7 Å². The van der Waals surface area contributed by atoms with Gasteiger partial charge in [-0.15, -0.1) is 0 Å². The molecule has 0 bridgehead atoms. The minimum atomic E-state index is -4.50. The van der Waals surface area contributed by atoms with E-state index in [9.17, 15) is 18.0 Å². The molecule has 1 aliphatic rings. The van der Waals surface area contributed by atoms with Gasteiger partial charge in [-0.3, -0.25) is 9.36 Å². The van der Waals surface area contributed by atoms with Crippen LogP contribution in [0.25, 0.3) is 22.6 Å². The summed E-state index contributed by atoms with van der Waals surface area (Å²) in [4.78, 5) is 21.3. The second kappa shape index (κ2) is 7.88. The van der Waals surface area contributed by atoms with E-state index in [0.717, 1.165) is 23.3 Å². The van der Waals surface area contributed by atoms with E-state index in [-0.39, 0.29) is 23.1 Å². The van der Waals surface area contributed by atoms with Crippen molar-refractivity contribution in [1.29, 1.82) is 0 Å². The van der Waals surface area contributed by atoms with E-state index >= 15 is 0 Å². The van der Waals surface area contributed by atoms with Crippen LogP contribution < -0.4 is 10.3 Å². The van der Waals surface area contributed by atoms with Crippen LogP contribution in [0.15, 0.2) is 51.8 Å². The lowest BCUT2D eigenvalue weighted by molar-refractivity contribution is -0.137. The summed E-state index contributed by atoms with van der Waals surface area (Å²) >= 11 is 0. The Balaban J connectivity index is 1.42. The molecule has 4 aromatic rings. The van der Waals surface area contributed by atoms with E-state index in [1.54, 1.807) is 19.1 Å². The molecule has 168 valence electrons. The summed E-state index contributed by atoms with van der Waals surface area (Å²) in [6.45, 7) is 2.29. The molecule has 0 spiro atoms. The van der Waals surface area contributed by atoms with Gasteiger partial charge in [-0.05, 0) is 54.0 Å². The topological polar surface area (TPSA) is 83.0 Å². The number of benzene rings is 2. The molecule has 5 rings (SSSR count). The SMILES string of the molecule is Cc1nc(COc2ccc(/C=C3/CCn4c3nc3cc(C(F)(F)F)ccc3c4=O)cc2)no1. The molecule has 3 heterocycles. The fraction of sp³-hybridized carbons (Fsp3) is 0.217. The Morgan fingerprint density at radius 1 is 1.15 bits per heavy atom. The summed E-state index contributed by atoms with van der Waals surface area (Å²) in [5.74, 6) is 1.91. The van der Waals surface area contributed by atoms with E-state index in [1.807, 2.05) is 18.2 Å². The summed E-state index contributed by atoms with van der Waals surface area (Å²) in [5, 5.41) is 3.94. The zero-order chi connectivity index (χ0) is 23.2. The number of alkyl halides is 3. The van der Waals surface area contributed by atoms with Gasteiger partial charge in [0.15, 0.2) is 6.61 Å². The van der Waals surface area contributed by atoms with Crippen molar-refractivity contribution >= 4 is 22.6 Å². The fourth-order valence-corrected chi connectivity index (χ4v) is 3.74. The lowest BCUT2D eigenvalue weighted by Crippen LogP contribution is -2.21. The Bertz CT molecular complexity index is 1440. The molecule has 0 saturated carbocycles. The molecule has 0 saturated heterocycles. The first-order valence-electron chi connectivity index (χ1n) is 10.1. The van der Waals surface area contributed by atoms with Gasteiger partial charge >= 0.3 is 6.18 Å². The lowest BCUT2D eigenvalue weighted by atomic mass is 10.1. The minimum absolute atomic E-state index is 0.0364. The molecule has 33 heavy (non-hydrogen) atoms. The molecule has 0 aliphatic carbocycles. The normalized spacial score (nSPS) is 14.7. The standard InChI is InChI=1S/C23H17F3N4O3/c1-13-27-20(29-33-13)12-32-17-5-2-14(3-6-17)10-15-8-9-30-21(15)28-19-11-16(23(24,25)26)4-7-18(19)22(30)31/h2-7,10-11H,8-9,12H2,1H3/b15-10-. The van der Waals surface area contributed by atoms with Crippen LogP contribution >= 0.6 is 0 Å². The molecule has 0 fully saturated rings. The van der Waals surface area contributed by atoms with Crippen LogP contribution in [0.4, 0.5) is 13.2 Å². The number of allylic oxidation sites excluding steroid dienone is 1. The van der Waals surface area contributed by atoms with Gasteiger partial charge in [0, 0.05) is 13.5 Å². The molecule has 0 radical (unpaired) electrons. The third kappa shape index (κ3) is 4.11. The molecule has 10 heteroatoms. The lowest BCUT2D eigenvalue weighted by Gasteiger charge is -2.09. The Labute approximate surface area is 185 Å². The summed E-state index contributed by atoms with van der Waals surface area (Å²) in [7, 11) is 0. The third-order valence-corrected chi connectivity index (χ3v) is 5.33. The number of hydrogen-bond acceptors (Lipinski definition) is 6. The number of hydrogen-bond donors (Lipinski definition) is 0. The minimum Gasteiger partial charge on any atom is -0.485 e. The maximum Gasteiger partial charge on any atom is 0.416 e. The quantitative estimate of drug-likeness (QED) is 0.447. The number of ether oxygens (including phenoxy) is 1. The highest BCUT2D eigenvalue weighted by molar-refractivity contribution is 5.85. The van der Waals surface area contributed by atoms with Gasteiger partial charge < -0.3 is 9.26 Å². The molecule has 0 unspecified atom stereocenters. The van der Waals surface area contributed by atoms with Crippen molar-refractivity contribution < 1.29 is 22.4 Å². The highest BCUT2D eigenvalue weighted by Crippen LogP contribution is 2.32. The van der Waals surface area contributed by atoms with Crippen molar-refractivity contribution in [3.05, 3.63) is 81.5 Å². The molecular weight excluding hydrogens is 437 g/mol. The van der Waals surface area contributed by atoms with Crippen LogP contribution in [0.5, 0.6) is 5.75 Å². The number of fused-ring (bicyclic) bond motifs is 2. The summed E-state index contributed by atoms with van der Waals surface area (Å²) in [6, 6.07) is 10.3. The zero-order valence-corrected chi connectivity index (χ0v) is 17.4. The predicted octanol–water partition coefficient (Wildman–Crippen LogP) is 4.63. The van der Waals surface area contributed by atoms with E-state index in [1.165, 1.54) is 10.6 Å². The largest absolute Gasteiger partial charge is 0.485 e. The number of aromatic nitrogens is 4. The van der Waals surface area contributed by atoms with Gasteiger partial charge in [0.2, 0.25) is 11.7 Å². The van der Waals surface area contributed by atoms with Crippen molar-refractivity contribution in [3.8, 4) is 5.75 Å². The van der Waals surface area contributed by atoms with Crippen molar-refractivity contribution in [1.82, 2.24) is 19.7 Å². The van der Waals surface area contributed by atoms with Crippen LogP contribution in [0.2, 0.25) is 0 Å². The molecule has 2 aromatic heterocycles. The van der Waals surface area contributed by atoms with Crippen molar-refractivity contribution in [3.63, 3.8) is 0 Å². The molecule has 0 atom stereocenters. The highest BCUT2D eigenvalue weighted by atomic mass is 19.4. The maximum atomic E-state index is 13.1. The van der Waals surface area contributed by atoms with Gasteiger partial charge in [-0.1, -0.05) is 17.3 Å². The fourth-order valence-electron chi connectivity index (χ4n) is 3.74. The average molecular weight is 454 g/mol. The molecule has 2 aromatic carbocycles. The number of rotatable bonds is 4. The first kappa shape index (κ1) is 20.9. The van der Waals surface area contributed by atoms with Crippen LogP contribution in [0.1, 0.15) is 35.1 Å². The molecule has 0 amide bonds. The number of nitrogens with zero attached hydrogens (tertiary/aromatic N) is 4. The summed E-state index contributed by atoms with van der Waals surface area (Å²) in [6.07, 6.45) is -2.08. The van der Waals surface area contributed by atoms with Crippen molar-refractivity contribution in [2.24, 2.45) is 0 Å². The first-order valence-corrected chi connectivity index (χ1v) is 10.1. The van der Waals surface area contributed by atoms with Crippen LogP contribution in [-0.2, 0) is 19.3 Å². The van der Waals surface area contributed by atoms with Gasteiger partial charge in [-0.2, -0.15) is 18.2 Å². The molecule has 1 aliphatic heterocycles. The van der Waals surface area contributed by atoms with Gasteiger partial charge in [0.25, 0.3) is 5.56 Å². The number of halogens is 3. The Kier molecular flexibility index (Phi) is 4.99. The van der Waals surface area contributed by atoms with Crippen molar-refractivity contribution in [2.75, 3.05) is 0 Å². The second-order valence-corrected chi connectivity index (χ2v) is 7.63. The van der Waals surface area contributed by atoms with Gasteiger partial charge in [0.1, 0.15) is 11.6 Å². The third-order valence-electron chi connectivity index (χ3n) is 5.33. The first-order chi connectivity index (χ1) is 15.8. The van der Waals surface area contributed by atoms with E-state index in [2.05, 4.69) is 15.1 Å². The second-order valence-electron chi connectivity index (χ2n) is 7.63. The number of aryl methyl sites for hydroxylation is 1. The maximum absolute atomic E-state index is 13.1. The summed E-state index contributed by atoms with van der Waals surface area (Å²) < 4.78 is 51.3.